The predicted octanol–water partition coefficient (Wildman–Crippen LogP) is -0.777. The summed E-state index contributed by atoms with van der Waals surface area (Å²) < 4.78 is 0. The molecule has 0 fully saturated rings. The largest absolute Gasteiger partial charge is 4.00 e. The van der Waals surface area contributed by atoms with Crippen molar-refractivity contribution in [2.75, 3.05) is 0 Å². The van der Waals surface area contributed by atoms with E-state index in [0.29, 0.717) is 0 Å². The van der Waals surface area contributed by atoms with Crippen LogP contribution in [0.25, 0.3) is 0 Å². The Hall–Kier alpha value is 0.112. The molecule has 0 aromatic heterocycles. The Balaban J connectivity index is 0.00000841. The Bertz CT molecular complexity index is 1920. The predicted molar refractivity (Wildman–Crippen MR) is 277 cm³/mol. The van der Waals surface area contributed by atoms with Crippen molar-refractivity contribution >= 4 is 108 Å². The first-order valence-corrected chi connectivity index (χ1v) is 44.2. The van der Waals surface area contributed by atoms with E-state index in [0.717, 1.165) is 0 Å². The first kappa shape index (κ1) is 59.1. The van der Waals surface area contributed by atoms with Crippen LogP contribution >= 0.6 is 0 Å². The second-order valence-corrected chi connectivity index (χ2v) is 57.6. The fourth-order valence-corrected chi connectivity index (χ4v) is 38.2. The summed E-state index contributed by atoms with van der Waals surface area (Å²) >= 11 is 0. The second-order valence-electron chi connectivity index (χ2n) is 23.8. The molecule has 0 atom stereocenters. The van der Waals surface area contributed by atoms with E-state index >= 15 is 0 Å². The molecular weight excluding hydrogens is 927 g/mol. The molecule has 0 N–H and O–H groups in total. The third kappa shape index (κ3) is 11.1. The number of rotatable bonds is 10. The van der Waals surface area contributed by atoms with Crippen molar-refractivity contribution in [3.8, 4) is 0 Å². The van der Waals surface area contributed by atoms with E-state index < -0.39 is 56.5 Å². The van der Waals surface area contributed by atoms with Gasteiger partial charge in [-0.2, -0.15) is 22.3 Å². The minimum absolute atomic E-state index is 0. The fraction of sp³-hybridized carbons (Fsp3) is 0.521. The molecular formula is C48H81Cl3Si7Ti. The van der Waals surface area contributed by atoms with Gasteiger partial charge < -0.3 is 37.2 Å². The van der Waals surface area contributed by atoms with Crippen LogP contribution < -0.4 is 89.1 Å². The van der Waals surface area contributed by atoms with Crippen molar-refractivity contribution in [2.24, 2.45) is 0 Å². The van der Waals surface area contributed by atoms with Crippen molar-refractivity contribution in [1.29, 1.82) is 0 Å². The SMILES string of the molecule is Cc1cc([Si](C)(C)C)c([Si](C)(C)C)c([Si](c2cc(C)cc([Si](C)(C)C)c2[Si](C)(C)C)(c2cc(C)cc([Si](C)(C)C)c2[Si](C)(C)C)[c-]2c(C)c(C)c(C)c2C)c1.[Cl-].[Cl-].[Cl-].[Ti+4]. The summed E-state index contributed by atoms with van der Waals surface area (Å²) in [5, 5.41) is 17.6. The van der Waals surface area contributed by atoms with Gasteiger partial charge in [-0.1, -0.05) is 245 Å². The Kier molecular flexibility index (Phi) is 19.3. The van der Waals surface area contributed by atoms with E-state index in [-0.39, 0.29) is 58.9 Å². The Morgan fingerprint density at radius 3 is 0.661 bits per heavy atom. The summed E-state index contributed by atoms with van der Waals surface area (Å²) in [4.78, 5) is 0. The van der Waals surface area contributed by atoms with Crippen LogP contribution in [-0.4, -0.2) is 56.5 Å². The van der Waals surface area contributed by atoms with Crippen LogP contribution in [0.1, 0.15) is 38.9 Å². The van der Waals surface area contributed by atoms with Gasteiger partial charge >= 0.3 is 21.7 Å². The molecule has 59 heavy (non-hydrogen) atoms. The molecule has 0 aliphatic rings. The van der Waals surface area contributed by atoms with Gasteiger partial charge in [0, 0.05) is 0 Å². The number of hydrogen-bond donors (Lipinski definition) is 0. The molecule has 326 valence electrons. The Morgan fingerprint density at radius 2 is 0.492 bits per heavy atom. The minimum atomic E-state index is -3.12. The molecule has 4 rings (SSSR count). The molecule has 0 saturated carbocycles. The summed E-state index contributed by atoms with van der Waals surface area (Å²) in [5.41, 5.74) is 10.5. The Morgan fingerprint density at radius 1 is 0.305 bits per heavy atom. The van der Waals surface area contributed by atoms with E-state index in [2.05, 4.69) is 203 Å². The maximum atomic E-state index is 2.80. The molecule has 0 saturated heterocycles. The van der Waals surface area contributed by atoms with E-state index in [1.165, 1.54) is 27.8 Å². The molecule has 0 aliphatic carbocycles. The smallest absolute Gasteiger partial charge is 1.00 e. The molecule has 0 aliphatic heterocycles. The summed E-state index contributed by atoms with van der Waals surface area (Å²) in [5.74, 6) is 0. The van der Waals surface area contributed by atoms with Crippen LogP contribution in [0.2, 0.25) is 118 Å². The van der Waals surface area contributed by atoms with E-state index in [1.807, 2.05) is 0 Å². The standard InChI is InChI=1S/C48H81Si7.3ClH.Ti/c1-32-26-39(49(8,9)10)46(52(17,18)19)42(29-32)55(45-37(6)35(4)36(5)38(45)7,43-30-33(2)27-40(50(11,12)13)47(43)53(20,21)22)44-31-34(3)28-41(51(14,15)16)48(44)54(23,24)25;;;;/h26-31H,1-25H3;3*1H;/q-1;;;;+4/p-3. The van der Waals surface area contributed by atoms with Gasteiger partial charge in [0.1, 0.15) is 8.07 Å². The molecule has 0 bridgehead atoms. The van der Waals surface area contributed by atoms with Gasteiger partial charge in [-0.25, -0.2) is 0 Å². The van der Waals surface area contributed by atoms with Crippen LogP contribution in [0.15, 0.2) is 36.4 Å². The van der Waals surface area contributed by atoms with Gasteiger partial charge in [-0.3, -0.25) is 0 Å². The van der Waals surface area contributed by atoms with Crippen LogP contribution in [-0.2, 0) is 21.7 Å². The zero-order valence-corrected chi connectivity index (χ0v) is 52.9. The zero-order chi connectivity index (χ0) is 42.6. The summed E-state index contributed by atoms with van der Waals surface area (Å²) in [6.07, 6.45) is 0. The van der Waals surface area contributed by atoms with Crippen LogP contribution in [0, 0.1) is 48.5 Å². The first-order chi connectivity index (χ1) is 24.5. The van der Waals surface area contributed by atoms with E-state index in [1.54, 1.807) is 63.0 Å². The van der Waals surface area contributed by atoms with Gasteiger partial charge in [-0.15, -0.1) is 5.19 Å². The van der Waals surface area contributed by atoms with Crippen molar-refractivity contribution in [2.45, 2.75) is 166 Å². The van der Waals surface area contributed by atoms with Crippen molar-refractivity contribution in [1.82, 2.24) is 0 Å². The van der Waals surface area contributed by atoms with Crippen LogP contribution in [0.3, 0.4) is 0 Å². The first-order valence-electron chi connectivity index (χ1n) is 21.2. The van der Waals surface area contributed by atoms with Gasteiger partial charge in [0.25, 0.3) is 0 Å². The number of benzene rings is 3. The number of halogens is 3. The van der Waals surface area contributed by atoms with Crippen LogP contribution in [0.5, 0.6) is 0 Å². The molecule has 0 heterocycles. The molecule has 0 unspecified atom stereocenters. The van der Waals surface area contributed by atoms with Crippen LogP contribution in [0.4, 0.5) is 0 Å². The van der Waals surface area contributed by atoms with E-state index in [9.17, 15) is 0 Å². The van der Waals surface area contributed by atoms with Gasteiger partial charge in [-0.05, 0) is 20.8 Å². The molecule has 0 nitrogen and oxygen atoms in total. The van der Waals surface area contributed by atoms with E-state index in [4.69, 9.17) is 0 Å². The molecule has 0 spiro atoms. The third-order valence-corrected chi connectivity index (χ3v) is 31.3. The molecule has 0 radical (unpaired) electrons. The van der Waals surface area contributed by atoms with Gasteiger partial charge in [0.2, 0.25) is 0 Å². The maximum absolute atomic E-state index is 3.12. The van der Waals surface area contributed by atoms with Crippen molar-refractivity contribution in [3.05, 3.63) is 75.3 Å². The van der Waals surface area contributed by atoms with Gasteiger partial charge in [0.05, 0.1) is 48.4 Å². The van der Waals surface area contributed by atoms with Crippen molar-refractivity contribution < 1.29 is 58.9 Å². The third-order valence-electron chi connectivity index (χ3n) is 12.5. The number of hydrogen-bond acceptors (Lipinski definition) is 0. The Labute approximate surface area is 405 Å². The monoisotopic (exact) mass is 1010 g/mol. The molecule has 4 aromatic carbocycles. The molecule has 0 amide bonds. The summed E-state index contributed by atoms with van der Waals surface area (Å²) in [6, 6.07) is 16.4. The topological polar surface area (TPSA) is 0 Å². The fourth-order valence-electron chi connectivity index (χ4n) is 10.1. The maximum Gasteiger partial charge on any atom is 4.00 e. The summed E-state index contributed by atoms with van der Waals surface area (Å²) in [6.45, 7) is 65.0. The normalized spacial score (nSPS) is 13.0. The quantitative estimate of drug-likeness (QED) is 0.111. The average Bonchev–Trinajstić information content (AvgIpc) is 3.16. The minimum Gasteiger partial charge on any atom is -1.00 e. The average molecular weight is 1010 g/mol. The second kappa shape index (κ2) is 19.3. The van der Waals surface area contributed by atoms with Gasteiger partial charge in [0.15, 0.2) is 0 Å². The molecule has 11 heteroatoms. The summed E-state index contributed by atoms with van der Waals surface area (Å²) in [7, 11) is -14.3. The van der Waals surface area contributed by atoms with Crippen molar-refractivity contribution in [3.63, 3.8) is 0 Å². The zero-order valence-electron chi connectivity index (χ0n) is 42.1. The molecule has 4 aromatic rings. The number of aryl methyl sites for hydroxylation is 3.